The molecule has 1 fully saturated rings. The van der Waals surface area contributed by atoms with Gasteiger partial charge >= 0.3 is 0 Å². The van der Waals surface area contributed by atoms with Crippen molar-refractivity contribution in [1.29, 1.82) is 0 Å². The average molecular weight is 185 g/mol. The van der Waals surface area contributed by atoms with Crippen LogP contribution < -0.4 is 0 Å². The van der Waals surface area contributed by atoms with Gasteiger partial charge in [0.15, 0.2) is 0 Å². The van der Waals surface area contributed by atoms with Crippen LogP contribution in [0, 0.1) is 11.8 Å². The van der Waals surface area contributed by atoms with Crippen molar-refractivity contribution in [3.8, 4) is 0 Å². The maximum atomic E-state index is 8.61. The Kier molecular flexibility index (Phi) is 4.74. The van der Waals surface area contributed by atoms with E-state index in [1.807, 2.05) is 0 Å². The summed E-state index contributed by atoms with van der Waals surface area (Å²) in [5.41, 5.74) is 0. The second-order valence-electron chi connectivity index (χ2n) is 4.52. The molecule has 2 heteroatoms. The predicted octanol–water partition coefficient (Wildman–Crippen LogP) is 1.74. The standard InChI is InChI=1S/C11H23NO/c1-10-8-11(10)9-12(2)6-4-3-5-7-13/h10-11,13H,3-9H2,1-2H3. The Morgan fingerprint density at radius 2 is 2.00 bits per heavy atom. The van der Waals surface area contributed by atoms with Crippen LogP contribution in [0.3, 0.4) is 0 Å². The second-order valence-corrected chi connectivity index (χ2v) is 4.52. The average Bonchev–Trinajstić information content (AvgIpc) is 2.76. The minimum Gasteiger partial charge on any atom is -0.396 e. The lowest BCUT2D eigenvalue weighted by molar-refractivity contribution is 0.269. The molecule has 0 aromatic heterocycles. The molecule has 1 aliphatic rings. The summed E-state index contributed by atoms with van der Waals surface area (Å²) in [6.07, 6.45) is 4.80. The predicted molar refractivity (Wildman–Crippen MR) is 55.7 cm³/mol. The summed E-state index contributed by atoms with van der Waals surface area (Å²) >= 11 is 0. The molecule has 0 bridgehead atoms. The van der Waals surface area contributed by atoms with Gasteiger partial charge < -0.3 is 10.0 Å². The van der Waals surface area contributed by atoms with Crippen LogP contribution in [0.25, 0.3) is 0 Å². The van der Waals surface area contributed by atoms with Gasteiger partial charge in [0, 0.05) is 13.2 Å². The van der Waals surface area contributed by atoms with E-state index in [2.05, 4.69) is 18.9 Å². The third-order valence-electron chi connectivity index (χ3n) is 3.02. The molecule has 0 heterocycles. The van der Waals surface area contributed by atoms with E-state index in [9.17, 15) is 0 Å². The molecule has 2 nitrogen and oxygen atoms in total. The molecule has 1 saturated carbocycles. The molecule has 0 saturated heterocycles. The Morgan fingerprint density at radius 1 is 1.31 bits per heavy atom. The molecule has 0 amide bonds. The van der Waals surface area contributed by atoms with E-state index in [0.29, 0.717) is 6.61 Å². The molecule has 2 unspecified atom stereocenters. The van der Waals surface area contributed by atoms with Crippen molar-refractivity contribution in [1.82, 2.24) is 4.90 Å². The highest BCUT2D eigenvalue weighted by Crippen LogP contribution is 2.37. The summed E-state index contributed by atoms with van der Waals surface area (Å²) in [6.45, 7) is 5.16. The highest BCUT2D eigenvalue weighted by Gasteiger charge is 2.32. The van der Waals surface area contributed by atoms with E-state index < -0.39 is 0 Å². The summed E-state index contributed by atoms with van der Waals surface area (Å²) in [5, 5.41) is 8.61. The zero-order chi connectivity index (χ0) is 9.68. The Bertz CT molecular complexity index is 138. The molecular formula is C11H23NO. The van der Waals surface area contributed by atoms with Gasteiger partial charge in [-0.2, -0.15) is 0 Å². The Balaban J connectivity index is 1.89. The van der Waals surface area contributed by atoms with Crippen LogP contribution in [0.15, 0.2) is 0 Å². The van der Waals surface area contributed by atoms with Crippen LogP contribution in [0.5, 0.6) is 0 Å². The molecule has 1 N–H and O–H groups in total. The van der Waals surface area contributed by atoms with Crippen molar-refractivity contribution >= 4 is 0 Å². The first-order chi connectivity index (χ1) is 6.24. The lowest BCUT2D eigenvalue weighted by atomic mass is 10.2. The Labute approximate surface area is 81.9 Å². The van der Waals surface area contributed by atoms with Gasteiger partial charge in [-0.15, -0.1) is 0 Å². The van der Waals surface area contributed by atoms with Gasteiger partial charge in [-0.1, -0.05) is 6.92 Å². The fourth-order valence-corrected chi connectivity index (χ4v) is 1.82. The first-order valence-electron chi connectivity index (χ1n) is 5.53. The van der Waals surface area contributed by atoms with Crippen LogP contribution in [-0.4, -0.2) is 36.8 Å². The molecule has 0 radical (unpaired) electrons. The second kappa shape index (κ2) is 5.61. The highest BCUT2D eigenvalue weighted by atomic mass is 16.2. The molecule has 2 atom stereocenters. The molecule has 0 aliphatic heterocycles. The molecule has 78 valence electrons. The highest BCUT2D eigenvalue weighted by molar-refractivity contribution is 4.84. The van der Waals surface area contributed by atoms with Crippen LogP contribution in [0.1, 0.15) is 32.6 Å². The number of aliphatic hydroxyl groups excluding tert-OH is 1. The molecule has 0 aromatic rings. The van der Waals surface area contributed by atoms with E-state index in [0.717, 1.165) is 18.3 Å². The monoisotopic (exact) mass is 185 g/mol. The smallest absolute Gasteiger partial charge is 0.0431 e. The van der Waals surface area contributed by atoms with Crippen molar-refractivity contribution in [3.05, 3.63) is 0 Å². The fourth-order valence-electron chi connectivity index (χ4n) is 1.82. The van der Waals surface area contributed by atoms with Crippen LogP contribution >= 0.6 is 0 Å². The van der Waals surface area contributed by atoms with Gasteiger partial charge in [-0.3, -0.25) is 0 Å². The first kappa shape index (κ1) is 11.0. The SMILES string of the molecule is CC1CC1CN(C)CCCCCO. The third-order valence-corrected chi connectivity index (χ3v) is 3.02. The van der Waals surface area contributed by atoms with Gasteiger partial charge in [-0.25, -0.2) is 0 Å². The number of rotatable bonds is 7. The number of aliphatic hydroxyl groups is 1. The lowest BCUT2D eigenvalue weighted by Crippen LogP contribution is -2.22. The zero-order valence-electron chi connectivity index (χ0n) is 9.00. The Morgan fingerprint density at radius 3 is 2.54 bits per heavy atom. The molecule has 1 rings (SSSR count). The van der Waals surface area contributed by atoms with Crippen molar-refractivity contribution in [3.63, 3.8) is 0 Å². The molecular weight excluding hydrogens is 162 g/mol. The van der Waals surface area contributed by atoms with Crippen LogP contribution in [0.2, 0.25) is 0 Å². The minimum atomic E-state index is 0.351. The lowest BCUT2D eigenvalue weighted by Gasteiger charge is -2.15. The summed E-state index contributed by atoms with van der Waals surface area (Å²) in [4.78, 5) is 2.44. The zero-order valence-corrected chi connectivity index (χ0v) is 9.00. The van der Waals surface area contributed by atoms with Crippen molar-refractivity contribution in [2.24, 2.45) is 11.8 Å². The number of hydrogen-bond donors (Lipinski definition) is 1. The maximum Gasteiger partial charge on any atom is 0.0431 e. The quantitative estimate of drug-likeness (QED) is 0.611. The first-order valence-corrected chi connectivity index (χ1v) is 5.53. The normalized spacial score (nSPS) is 26.8. The van der Waals surface area contributed by atoms with Gasteiger partial charge in [0.25, 0.3) is 0 Å². The van der Waals surface area contributed by atoms with Crippen molar-refractivity contribution in [2.45, 2.75) is 32.6 Å². The van der Waals surface area contributed by atoms with E-state index in [1.54, 1.807) is 0 Å². The van der Waals surface area contributed by atoms with Crippen molar-refractivity contribution < 1.29 is 5.11 Å². The topological polar surface area (TPSA) is 23.5 Å². The molecule has 0 aromatic carbocycles. The van der Waals surface area contributed by atoms with Crippen molar-refractivity contribution in [2.75, 3.05) is 26.7 Å². The van der Waals surface area contributed by atoms with Crippen LogP contribution in [-0.2, 0) is 0 Å². The number of unbranched alkanes of at least 4 members (excludes halogenated alkanes) is 2. The Hall–Kier alpha value is -0.0800. The van der Waals surface area contributed by atoms with E-state index in [1.165, 1.54) is 32.4 Å². The maximum absolute atomic E-state index is 8.61. The molecule has 13 heavy (non-hydrogen) atoms. The van der Waals surface area contributed by atoms with E-state index in [4.69, 9.17) is 5.11 Å². The fraction of sp³-hybridized carbons (Fsp3) is 1.00. The largest absolute Gasteiger partial charge is 0.396 e. The van der Waals surface area contributed by atoms with Gasteiger partial charge in [0.05, 0.1) is 0 Å². The van der Waals surface area contributed by atoms with E-state index >= 15 is 0 Å². The number of hydrogen-bond acceptors (Lipinski definition) is 2. The van der Waals surface area contributed by atoms with E-state index in [-0.39, 0.29) is 0 Å². The summed E-state index contributed by atoms with van der Waals surface area (Å²) in [5.74, 6) is 1.95. The number of nitrogens with zero attached hydrogens (tertiary/aromatic N) is 1. The molecule has 0 spiro atoms. The van der Waals surface area contributed by atoms with Gasteiger partial charge in [0.2, 0.25) is 0 Å². The minimum absolute atomic E-state index is 0.351. The summed E-state index contributed by atoms with van der Waals surface area (Å²) in [6, 6.07) is 0. The summed E-state index contributed by atoms with van der Waals surface area (Å²) in [7, 11) is 2.21. The van der Waals surface area contributed by atoms with Gasteiger partial charge in [0.1, 0.15) is 0 Å². The summed E-state index contributed by atoms with van der Waals surface area (Å²) < 4.78 is 0. The third kappa shape index (κ3) is 4.63. The van der Waals surface area contributed by atoms with Crippen LogP contribution in [0.4, 0.5) is 0 Å². The van der Waals surface area contributed by atoms with Gasteiger partial charge in [-0.05, 0) is 51.1 Å². The molecule has 1 aliphatic carbocycles.